The predicted octanol–water partition coefficient (Wildman–Crippen LogP) is 21.8. The summed E-state index contributed by atoms with van der Waals surface area (Å²) in [6.45, 7) is 4.55. The van der Waals surface area contributed by atoms with E-state index in [0.29, 0.717) is 25.7 Å². The van der Waals surface area contributed by atoms with Crippen LogP contribution in [0.5, 0.6) is 0 Å². The molecule has 0 aliphatic carbocycles. The molecular formula is C79H136O17P2. The van der Waals surface area contributed by atoms with Gasteiger partial charge < -0.3 is 33.8 Å². The second-order valence-electron chi connectivity index (χ2n) is 25.2. The molecule has 0 spiro atoms. The first-order valence-corrected chi connectivity index (χ1v) is 41.1. The number of esters is 4. The topological polar surface area (TPSA) is 237 Å². The van der Waals surface area contributed by atoms with E-state index in [-0.39, 0.29) is 25.7 Å². The molecule has 0 aromatic heterocycles. The smallest absolute Gasteiger partial charge is 0.462 e. The molecule has 17 nitrogen and oxygen atoms in total. The van der Waals surface area contributed by atoms with Crippen molar-refractivity contribution in [3.05, 3.63) is 109 Å². The Morgan fingerprint density at radius 2 is 0.541 bits per heavy atom. The van der Waals surface area contributed by atoms with Crippen LogP contribution in [0, 0.1) is 0 Å². The summed E-state index contributed by atoms with van der Waals surface area (Å²) < 4.78 is 68.4. The van der Waals surface area contributed by atoms with Crippen LogP contribution in [-0.4, -0.2) is 96.7 Å². The van der Waals surface area contributed by atoms with Crippen molar-refractivity contribution in [1.82, 2.24) is 0 Å². The number of ether oxygens (including phenoxy) is 4. The zero-order valence-electron chi connectivity index (χ0n) is 61.4. The van der Waals surface area contributed by atoms with Gasteiger partial charge in [0.2, 0.25) is 0 Å². The molecule has 0 saturated carbocycles. The van der Waals surface area contributed by atoms with E-state index in [9.17, 15) is 43.2 Å². The summed E-state index contributed by atoms with van der Waals surface area (Å²) in [6.07, 6.45) is 75.1. The third kappa shape index (κ3) is 70.2. The summed E-state index contributed by atoms with van der Waals surface area (Å²) in [5, 5.41) is 10.6. The van der Waals surface area contributed by atoms with Gasteiger partial charge in [0.1, 0.15) is 19.3 Å². The monoisotopic (exact) mass is 1420 g/mol. The summed E-state index contributed by atoms with van der Waals surface area (Å²) in [5.74, 6) is -2.22. The highest BCUT2D eigenvalue weighted by Gasteiger charge is 2.30. The van der Waals surface area contributed by atoms with Crippen molar-refractivity contribution < 1.29 is 80.2 Å². The number of rotatable bonds is 71. The van der Waals surface area contributed by atoms with Crippen molar-refractivity contribution in [1.29, 1.82) is 0 Å². The summed E-state index contributed by atoms with van der Waals surface area (Å²) in [7, 11) is -9.96. The lowest BCUT2D eigenvalue weighted by Gasteiger charge is -2.21. The van der Waals surface area contributed by atoms with E-state index in [2.05, 4.69) is 137 Å². The first-order chi connectivity index (χ1) is 47.7. The highest BCUT2D eigenvalue weighted by Crippen LogP contribution is 2.45. The number of carbonyl (C=O) groups excluding carboxylic acids is 4. The molecule has 98 heavy (non-hydrogen) atoms. The first-order valence-electron chi connectivity index (χ1n) is 38.1. The van der Waals surface area contributed by atoms with Gasteiger partial charge in [-0.1, -0.05) is 253 Å². The Morgan fingerprint density at radius 3 is 0.857 bits per heavy atom. The van der Waals surface area contributed by atoms with Crippen LogP contribution in [-0.2, 0) is 65.4 Å². The number of aliphatic hydroxyl groups is 1. The molecule has 0 aromatic carbocycles. The van der Waals surface area contributed by atoms with Crippen molar-refractivity contribution in [3.63, 3.8) is 0 Å². The number of carbonyl (C=O) groups is 4. The SMILES string of the molecule is CC/C=C\C/C=C\C/C=C\C/C=C\CCCCCCCCC(=O)OCC(COP(=O)(O)OCC(O)COP(=O)(O)OCC(COC(=O)CCCCCCC/C=C\C/C=C\C/C=C\CC)OC(=O)CCCCCCC/C=C\CCCCCC)OC(=O)CCCCCCC/C=C\CCCC. The Labute approximate surface area is 594 Å². The summed E-state index contributed by atoms with van der Waals surface area (Å²) in [4.78, 5) is 72.8. The number of hydrogen-bond acceptors (Lipinski definition) is 15. The van der Waals surface area contributed by atoms with Crippen LogP contribution in [0.4, 0.5) is 0 Å². The summed E-state index contributed by atoms with van der Waals surface area (Å²) in [6, 6.07) is 0. The van der Waals surface area contributed by atoms with E-state index in [1.54, 1.807) is 0 Å². The zero-order valence-corrected chi connectivity index (χ0v) is 63.2. The van der Waals surface area contributed by atoms with Gasteiger partial charge in [-0.2, -0.15) is 0 Å². The van der Waals surface area contributed by atoms with Gasteiger partial charge in [-0.05, 0) is 141 Å². The molecule has 5 atom stereocenters. The molecule has 0 aromatic rings. The van der Waals surface area contributed by atoms with E-state index in [1.807, 2.05) is 0 Å². The number of hydrogen-bond donors (Lipinski definition) is 3. The van der Waals surface area contributed by atoms with Crippen molar-refractivity contribution in [2.45, 2.75) is 329 Å². The largest absolute Gasteiger partial charge is 0.472 e. The maximum Gasteiger partial charge on any atom is 0.472 e. The number of phosphoric acid groups is 2. The minimum atomic E-state index is -4.98. The molecule has 3 N–H and O–H groups in total. The zero-order chi connectivity index (χ0) is 71.8. The van der Waals surface area contributed by atoms with Crippen LogP contribution in [0.15, 0.2) is 109 Å². The van der Waals surface area contributed by atoms with E-state index >= 15 is 0 Å². The molecule has 0 radical (unpaired) electrons. The lowest BCUT2D eigenvalue weighted by Crippen LogP contribution is -2.30. The number of unbranched alkanes of at least 4 members (excludes halogenated alkanes) is 27. The van der Waals surface area contributed by atoms with Crippen molar-refractivity contribution in [2.75, 3.05) is 39.6 Å². The predicted molar refractivity (Wildman–Crippen MR) is 399 cm³/mol. The molecule has 5 unspecified atom stereocenters. The van der Waals surface area contributed by atoms with Crippen LogP contribution < -0.4 is 0 Å². The van der Waals surface area contributed by atoms with Crippen LogP contribution in [0.25, 0.3) is 0 Å². The highest BCUT2D eigenvalue weighted by atomic mass is 31.2. The summed E-state index contributed by atoms with van der Waals surface area (Å²) >= 11 is 0. The van der Waals surface area contributed by atoms with Crippen molar-refractivity contribution in [2.24, 2.45) is 0 Å². The van der Waals surface area contributed by atoms with Crippen LogP contribution >= 0.6 is 15.6 Å². The number of aliphatic hydroxyl groups excluding tert-OH is 1. The average Bonchev–Trinajstić information content (AvgIpc) is 1.00. The fraction of sp³-hybridized carbons (Fsp3) is 0.722. The average molecular weight is 1420 g/mol. The molecule has 0 heterocycles. The second kappa shape index (κ2) is 71.1. The molecule has 0 aliphatic rings. The van der Waals surface area contributed by atoms with E-state index in [0.717, 1.165) is 193 Å². The molecule has 0 saturated heterocycles. The van der Waals surface area contributed by atoms with Gasteiger partial charge in [0.15, 0.2) is 12.2 Å². The Kier molecular flexibility index (Phi) is 68.0. The van der Waals surface area contributed by atoms with Crippen LogP contribution in [0.2, 0.25) is 0 Å². The molecule has 19 heteroatoms. The molecule has 0 aliphatic heterocycles. The number of allylic oxidation sites excluding steroid dienone is 18. The summed E-state index contributed by atoms with van der Waals surface area (Å²) in [5.41, 5.74) is 0. The maximum absolute atomic E-state index is 13.1. The van der Waals surface area contributed by atoms with Gasteiger partial charge >= 0.3 is 39.5 Å². The van der Waals surface area contributed by atoms with Gasteiger partial charge in [0.05, 0.1) is 26.4 Å². The third-order valence-electron chi connectivity index (χ3n) is 15.7. The molecule has 564 valence electrons. The lowest BCUT2D eigenvalue weighted by atomic mass is 10.1. The molecule has 0 rings (SSSR count). The normalized spacial score (nSPS) is 14.6. The number of phosphoric ester groups is 2. The quantitative estimate of drug-likeness (QED) is 0.0169. The Balaban J connectivity index is 5.32. The van der Waals surface area contributed by atoms with Gasteiger partial charge in [-0.15, -0.1) is 0 Å². The Bertz CT molecular complexity index is 2290. The Hall–Kier alpha value is -4.28. The van der Waals surface area contributed by atoms with E-state index < -0.39 is 97.5 Å². The first kappa shape index (κ1) is 93.7. The van der Waals surface area contributed by atoms with E-state index in [1.165, 1.54) is 38.5 Å². The lowest BCUT2D eigenvalue weighted by molar-refractivity contribution is -0.161. The molecule has 0 fully saturated rings. The minimum absolute atomic E-state index is 0.0797. The van der Waals surface area contributed by atoms with Crippen LogP contribution in [0.1, 0.15) is 310 Å². The second-order valence-corrected chi connectivity index (χ2v) is 28.1. The fourth-order valence-electron chi connectivity index (χ4n) is 9.91. The van der Waals surface area contributed by atoms with Crippen molar-refractivity contribution >= 4 is 39.5 Å². The standard InChI is InChI=1S/C79H136O17P2/c1-5-9-13-17-21-25-29-32-34-35-36-37-39-42-45-48-52-56-60-64-77(82)89-69-74(95-78(83)65-61-57-53-49-43-28-24-20-16-12-8-4)71-93-97(85,86)91-67-73(80)68-92-98(87,88)94-72-75(96-79(84)66-62-58-54-50-46-40-31-27-23-19-15-11-7-3)70-90-76(81)63-59-55-51-47-44-41-38-33-30-26-22-18-14-10-6-2/h9-10,13-14,20-22,24-27,31-34,36-38,73-75,80H,5-8,11-12,15-19,23,28-30,35,39-72H2,1-4H3,(H,85,86)(H,87,88)/b13-9-,14-10-,24-20-,25-21-,26-22-,31-27-,34-32-,37-36-,38-33-. The van der Waals surface area contributed by atoms with Gasteiger partial charge in [-0.3, -0.25) is 37.3 Å². The Morgan fingerprint density at radius 1 is 0.296 bits per heavy atom. The highest BCUT2D eigenvalue weighted by molar-refractivity contribution is 7.47. The van der Waals surface area contributed by atoms with Crippen LogP contribution in [0.3, 0.4) is 0 Å². The van der Waals surface area contributed by atoms with E-state index in [4.69, 9.17) is 37.0 Å². The third-order valence-corrected chi connectivity index (χ3v) is 17.6. The van der Waals surface area contributed by atoms with Gasteiger partial charge in [0.25, 0.3) is 0 Å². The molecule has 0 amide bonds. The molecular weight excluding hydrogens is 1280 g/mol. The minimum Gasteiger partial charge on any atom is -0.462 e. The maximum atomic E-state index is 13.1. The van der Waals surface area contributed by atoms with Crippen molar-refractivity contribution in [3.8, 4) is 0 Å². The molecule has 0 bridgehead atoms. The van der Waals surface area contributed by atoms with Gasteiger partial charge in [-0.25, -0.2) is 9.13 Å². The van der Waals surface area contributed by atoms with Gasteiger partial charge in [0, 0.05) is 25.7 Å². The fourth-order valence-corrected chi connectivity index (χ4v) is 11.5.